The second-order valence-electron chi connectivity index (χ2n) is 4.24. The number of rotatable bonds is 7. The van der Waals surface area contributed by atoms with Crippen molar-refractivity contribution in [1.82, 2.24) is 0 Å². The van der Waals surface area contributed by atoms with Gasteiger partial charge in [-0.1, -0.05) is 13.8 Å². The number of hydrogen-bond donors (Lipinski definition) is 1. The van der Waals surface area contributed by atoms with Gasteiger partial charge in [0.2, 0.25) is 0 Å². The van der Waals surface area contributed by atoms with Crippen LogP contribution >= 0.6 is 0 Å². The molecule has 0 aliphatic carbocycles. The minimum absolute atomic E-state index is 0.0546. The molecule has 16 heavy (non-hydrogen) atoms. The van der Waals surface area contributed by atoms with Gasteiger partial charge in [-0.3, -0.25) is 0 Å². The highest BCUT2D eigenvalue weighted by Crippen LogP contribution is 2.24. The van der Waals surface area contributed by atoms with Crippen LogP contribution in [0.4, 0.5) is 13.2 Å². The molecule has 0 heterocycles. The molecule has 0 fully saturated rings. The van der Waals surface area contributed by atoms with E-state index in [2.05, 4.69) is 0 Å². The molecule has 0 rings (SSSR count). The lowest BCUT2D eigenvalue weighted by Gasteiger charge is -2.26. The Morgan fingerprint density at radius 1 is 1.25 bits per heavy atom. The molecule has 5 heteroatoms. The van der Waals surface area contributed by atoms with Gasteiger partial charge in [-0.2, -0.15) is 13.2 Å². The lowest BCUT2D eigenvalue weighted by Crippen LogP contribution is -2.34. The van der Waals surface area contributed by atoms with Crippen molar-refractivity contribution in [2.75, 3.05) is 6.61 Å². The Morgan fingerprint density at radius 2 is 1.81 bits per heavy atom. The van der Waals surface area contributed by atoms with Crippen LogP contribution in [0, 0.1) is 5.92 Å². The van der Waals surface area contributed by atoms with E-state index in [9.17, 15) is 18.3 Å². The van der Waals surface area contributed by atoms with Gasteiger partial charge in [-0.15, -0.1) is 0 Å². The number of hydrogen-bond acceptors (Lipinski definition) is 2. The highest BCUT2D eigenvalue weighted by atomic mass is 19.4. The summed E-state index contributed by atoms with van der Waals surface area (Å²) < 4.78 is 41.0. The third kappa shape index (κ3) is 7.06. The number of alkyl halides is 3. The minimum Gasteiger partial charge on any atom is -0.390 e. The first-order valence-corrected chi connectivity index (χ1v) is 5.64. The van der Waals surface area contributed by atoms with Gasteiger partial charge in [0.05, 0.1) is 12.2 Å². The predicted octanol–water partition coefficient (Wildman–Crippen LogP) is 3.14. The van der Waals surface area contributed by atoms with Gasteiger partial charge < -0.3 is 9.84 Å². The molecule has 0 aromatic heterocycles. The van der Waals surface area contributed by atoms with Gasteiger partial charge in [0.15, 0.2) is 0 Å². The maximum absolute atomic E-state index is 11.9. The summed E-state index contributed by atoms with van der Waals surface area (Å²) >= 11 is 0. The van der Waals surface area contributed by atoms with Crippen LogP contribution in [0.1, 0.15) is 40.0 Å². The van der Waals surface area contributed by atoms with Crippen molar-refractivity contribution in [1.29, 1.82) is 0 Å². The van der Waals surface area contributed by atoms with E-state index in [4.69, 9.17) is 4.74 Å². The normalized spacial score (nSPS) is 16.5. The topological polar surface area (TPSA) is 29.5 Å². The van der Waals surface area contributed by atoms with E-state index in [1.807, 2.05) is 13.8 Å². The second kappa shape index (κ2) is 7.12. The average molecular weight is 242 g/mol. The first-order chi connectivity index (χ1) is 7.28. The van der Waals surface area contributed by atoms with E-state index in [0.29, 0.717) is 6.61 Å². The second-order valence-corrected chi connectivity index (χ2v) is 4.24. The van der Waals surface area contributed by atoms with Crippen molar-refractivity contribution in [3.05, 3.63) is 0 Å². The Hall–Kier alpha value is -0.290. The Bertz CT molecular complexity index is 181. The SMILES string of the molecule is CCOC(C(C)C)C(O)CCCC(F)(F)F. The van der Waals surface area contributed by atoms with E-state index < -0.39 is 18.7 Å². The number of halogens is 3. The molecular weight excluding hydrogens is 221 g/mol. The Kier molecular flexibility index (Phi) is 6.99. The van der Waals surface area contributed by atoms with E-state index in [-0.39, 0.29) is 24.9 Å². The molecule has 0 amide bonds. The van der Waals surface area contributed by atoms with Crippen LogP contribution in [-0.2, 0) is 4.74 Å². The summed E-state index contributed by atoms with van der Waals surface area (Å²) in [6.45, 7) is 6.03. The zero-order valence-corrected chi connectivity index (χ0v) is 10.0. The van der Waals surface area contributed by atoms with Crippen molar-refractivity contribution in [3.63, 3.8) is 0 Å². The Balaban J connectivity index is 3.96. The van der Waals surface area contributed by atoms with Crippen molar-refractivity contribution in [2.45, 2.75) is 58.4 Å². The quantitative estimate of drug-likeness (QED) is 0.743. The van der Waals surface area contributed by atoms with Crippen LogP contribution in [0.25, 0.3) is 0 Å². The van der Waals surface area contributed by atoms with Crippen LogP contribution in [0.3, 0.4) is 0 Å². The summed E-state index contributed by atoms with van der Waals surface area (Å²) in [6.07, 6.45) is -6.11. The number of aliphatic hydroxyl groups excluding tert-OH is 1. The molecule has 2 atom stereocenters. The van der Waals surface area contributed by atoms with Gasteiger partial charge in [0.1, 0.15) is 0 Å². The predicted molar refractivity (Wildman–Crippen MR) is 56.2 cm³/mol. The molecule has 0 spiro atoms. The number of aliphatic hydroxyl groups is 1. The lowest BCUT2D eigenvalue weighted by molar-refractivity contribution is -0.138. The molecular formula is C11H21F3O2. The maximum atomic E-state index is 11.9. The first kappa shape index (κ1) is 15.7. The molecule has 0 aromatic carbocycles. The van der Waals surface area contributed by atoms with Gasteiger partial charge in [0, 0.05) is 13.0 Å². The molecule has 0 saturated heterocycles. The molecule has 0 bridgehead atoms. The van der Waals surface area contributed by atoms with Crippen molar-refractivity contribution < 1.29 is 23.0 Å². The van der Waals surface area contributed by atoms with E-state index in [1.165, 1.54) is 0 Å². The van der Waals surface area contributed by atoms with Gasteiger partial charge >= 0.3 is 6.18 Å². The standard InChI is InChI=1S/C11H21F3O2/c1-4-16-10(8(2)3)9(15)6-5-7-11(12,13)14/h8-10,15H,4-7H2,1-3H3. The summed E-state index contributed by atoms with van der Waals surface area (Å²) in [5.41, 5.74) is 0. The molecule has 0 saturated carbocycles. The van der Waals surface area contributed by atoms with Gasteiger partial charge in [-0.25, -0.2) is 0 Å². The molecule has 98 valence electrons. The molecule has 0 aliphatic rings. The van der Waals surface area contributed by atoms with Crippen molar-refractivity contribution in [2.24, 2.45) is 5.92 Å². The summed E-state index contributed by atoms with van der Waals surface area (Å²) in [7, 11) is 0. The molecule has 2 nitrogen and oxygen atoms in total. The highest BCUT2D eigenvalue weighted by molar-refractivity contribution is 4.72. The highest BCUT2D eigenvalue weighted by Gasteiger charge is 2.28. The van der Waals surface area contributed by atoms with E-state index in [1.54, 1.807) is 6.92 Å². The fraction of sp³-hybridized carbons (Fsp3) is 1.00. The zero-order chi connectivity index (χ0) is 12.8. The molecule has 0 aliphatic heterocycles. The van der Waals surface area contributed by atoms with E-state index >= 15 is 0 Å². The maximum Gasteiger partial charge on any atom is 0.389 e. The largest absolute Gasteiger partial charge is 0.390 e. The average Bonchev–Trinajstić information content (AvgIpc) is 2.11. The van der Waals surface area contributed by atoms with Crippen molar-refractivity contribution in [3.8, 4) is 0 Å². The lowest BCUT2D eigenvalue weighted by atomic mass is 9.97. The molecule has 2 unspecified atom stereocenters. The number of ether oxygens (including phenoxy) is 1. The summed E-state index contributed by atoms with van der Waals surface area (Å²) in [6, 6.07) is 0. The summed E-state index contributed by atoms with van der Waals surface area (Å²) in [5, 5.41) is 9.71. The summed E-state index contributed by atoms with van der Waals surface area (Å²) in [4.78, 5) is 0. The van der Waals surface area contributed by atoms with Gasteiger partial charge in [-0.05, 0) is 25.7 Å². The zero-order valence-electron chi connectivity index (χ0n) is 10.0. The first-order valence-electron chi connectivity index (χ1n) is 5.64. The molecule has 0 aromatic rings. The van der Waals surface area contributed by atoms with Crippen molar-refractivity contribution >= 4 is 0 Å². The molecule has 0 radical (unpaired) electrons. The smallest absolute Gasteiger partial charge is 0.389 e. The third-order valence-corrected chi connectivity index (χ3v) is 2.36. The van der Waals surface area contributed by atoms with Crippen LogP contribution in [0.2, 0.25) is 0 Å². The summed E-state index contributed by atoms with van der Waals surface area (Å²) in [5.74, 6) is 0.0980. The van der Waals surface area contributed by atoms with Gasteiger partial charge in [0.25, 0.3) is 0 Å². The van der Waals surface area contributed by atoms with Crippen LogP contribution < -0.4 is 0 Å². The fourth-order valence-corrected chi connectivity index (χ4v) is 1.62. The van der Waals surface area contributed by atoms with Crippen LogP contribution in [-0.4, -0.2) is 30.1 Å². The van der Waals surface area contributed by atoms with E-state index in [0.717, 1.165) is 0 Å². The minimum atomic E-state index is -4.14. The molecule has 1 N–H and O–H groups in total. The third-order valence-electron chi connectivity index (χ3n) is 2.36. The van der Waals surface area contributed by atoms with Crippen LogP contribution in [0.5, 0.6) is 0 Å². The Morgan fingerprint density at radius 3 is 2.19 bits per heavy atom. The Labute approximate surface area is 94.8 Å². The van der Waals surface area contributed by atoms with Crippen LogP contribution in [0.15, 0.2) is 0 Å². The monoisotopic (exact) mass is 242 g/mol. The fourth-order valence-electron chi connectivity index (χ4n) is 1.62.